The van der Waals surface area contributed by atoms with Gasteiger partial charge in [-0.15, -0.1) is 0 Å². The van der Waals surface area contributed by atoms with E-state index in [1.54, 1.807) is 12.1 Å². The van der Waals surface area contributed by atoms with Crippen molar-refractivity contribution in [2.45, 2.75) is 44.1 Å². The second kappa shape index (κ2) is 6.01. The van der Waals surface area contributed by atoms with Crippen LogP contribution in [0.3, 0.4) is 0 Å². The minimum atomic E-state index is -3.43. The minimum absolute atomic E-state index is 0.0538. The van der Waals surface area contributed by atoms with Gasteiger partial charge in [-0.3, -0.25) is 0 Å². The quantitative estimate of drug-likeness (QED) is 0.906. The fourth-order valence-electron chi connectivity index (χ4n) is 3.62. The molecule has 0 unspecified atom stereocenters. The second-order valence-electron chi connectivity index (χ2n) is 7.30. The molecule has 2 aromatic carbocycles. The van der Waals surface area contributed by atoms with Crippen LogP contribution in [0.1, 0.15) is 43.4 Å². The molecular formula is C20H24O3S. The van der Waals surface area contributed by atoms with Gasteiger partial charge in [0.1, 0.15) is 0 Å². The number of aliphatic hydroxyl groups is 1. The molecule has 4 heteroatoms. The first-order valence-electron chi connectivity index (χ1n) is 8.35. The van der Waals surface area contributed by atoms with E-state index in [2.05, 4.69) is 19.1 Å². The third-order valence-electron chi connectivity index (χ3n) is 5.01. The maximum atomic E-state index is 12.8. The molecule has 1 heterocycles. The first-order valence-corrected chi connectivity index (χ1v) is 10.00. The lowest BCUT2D eigenvalue weighted by Gasteiger charge is -2.33. The molecule has 1 aliphatic rings. The number of benzene rings is 2. The van der Waals surface area contributed by atoms with Crippen LogP contribution in [0.4, 0.5) is 0 Å². The summed E-state index contributed by atoms with van der Waals surface area (Å²) in [4.78, 5) is 0.346. The molecule has 0 radical (unpaired) electrons. The van der Waals surface area contributed by atoms with Crippen LogP contribution in [-0.4, -0.2) is 25.4 Å². The van der Waals surface area contributed by atoms with Crippen molar-refractivity contribution in [1.29, 1.82) is 0 Å². The third kappa shape index (κ3) is 2.89. The second-order valence-corrected chi connectivity index (χ2v) is 9.26. The Kier molecular flexibility index (Phi) is 4.30. The Morgan fingerprint density at radius 1 is 1.08 bits per heavy atom. The molecule has 0 spiro atoms. The van der Waals surface area contributed by atoms with Gasteiger partial charge in [-0.1, -0.05) is 63.2 Å². The molecule has 128 valence electrons. The molecule has 0 aromatic heterocycles. The van der Waals surface area contributed by atoms with E-state index in [1.165, 1.54) is 5.56 Å². The first kappa shape index (κ1) is 17.2. The summed E-state index contributed by atoms with van der Waals surface area (Å²) in [7, 11) is -3.43. The largest absolute Gasteiger partial charge is 0.392 e. The molecular weight excluding hydrogens is 320 g/mol. The van der Waals surface area contributed by atoms with Crippen molar-refractivity contribution in [3.63, 3.8) is 0 Å². The van der Waals surface area contributed by atoms with E-state index in [4.69, 9.17) is 0 Å². The molecule has 0 saturated heterocycles. The van der Waals surface area contributed by atoms with E-state index in [9.17, 15) is 13.5 Å². The molecule has 2 aromatic rings. The standard InChI is InChI=1S/C20H24O3S/c1-4-14-9-11-15(12-10-14)18-16-7-5-6-8-17(16)24(22,23)13-20(2,3)19(18)21/h5-12,18-19,21H,4,13H2,1-3H3/t18-,19-/m1/s1. The zero-order valence-corrected chi connectivity index (χ0v) is 15.2. The number of aliphatic hydroxyl groups excluding tert-OH is 1. The predicted molar refractivity (Wildman–Crippen MR) is 95.9 cm³/mol. The van der Waals surface area contributed by atoms with Crippen molar-refractivity contribution >= 4 is 9.84 Å². The predicted octanol–water partition coefficient (Wildman–Crippen LogP) is 3.56. The zero-order chi connectivity index (χ0) is 17.5. The molecule has 3 rings (SSSR count). The lowest BCUT2D eigenvalue weighted by Crippen LogP contribution is -2.38. The SMILES string of the molecule is CCc1ccc([C@@H]2c3ccccc3S(=O)(=O)CC(C)(C)[C@@H]2O)cc1. The molecule has 0 saturated carbocycles. The van der Waals surface area contributed by atoms with Gasteiger partial charge >= 0.3 is 0 Å². The summed E-state index contributed by atoms with van der Waals surface area (Å²) in [5, 5.41) is 11.1. The molecule has 3 nitrogen and oxygen atoms in total. The van der Waals surface area contributed by atoms with Crippen molar-refractivity contribution in [2.75, 3.05) is 5.75 Å². The molecule has 2 atom stereocenters. The summed E-state index contributed by atoms with van der Waals surface area (Å²) in [6.45, 7) is 5.75. The van der Waals surface area contributed by atoms with Crippen LogP contribution in [0.15, 0.2) is 53.4 Å². The summed E-state index contributed by atoms with van der Waals surface area (Å²) in [5.41, 5.74) is 2.14. The van der Waals surface area contributed by atoms with Gasteiger partial charge in [-0.2, -0.15) is 0 Å². The monoisotopic (exact) mass is 344 g/mol. The molecule has 1 aliphatic heterocycles. The molecule has 24 heavy (non-hydrogen) atoms. The minimum Gasteiger partial charge on any atom is -0.392 e. The highest BCUT2D eigenvalue weighted by molar-refractivity contribution is 7.91. The number of sulfone groups is 1. The van der Waals surface area contributed by atoms with E-state index in [1.807, 2.05) is 38.1 Å². The highest BCUT2D eigenvalue weighted by Crippen LogP contribution is 2.44. The van der Waals surface area contributed by atoms with E-state index < -0.39 is 21.4 Å². The van der Waals surface area contributed by atoms with Gasteiger partial charge in [0.15, 0.2) is 9.84 Å². The van der Waals surface area contributed by atoms with Crippen LogP contribution < -0.4 is 0 Å². The van der Waals surface area contributed by atoms with Crippen LogP contribution in [0, 0.1) is 5.41 Å². The van der Waals surface area contributed by atoms with E-state index in [0.717, 1.165) is 12.0 Å². The summed E-state index contributed by atoms with van der Waals surface area (Å²) < 4.78 is 25.6. The number of hydrogen-bond donors (Lipinski definition) is 1. The van der Waals surface area contributed by atoms with E-state index >= 15 is 0 Å². The highest BCUT2D eigenvalue weighted by Gasteiger charge is 2.44. The van der Waals surface area contributed by atoms with Gasteiger partial charge in [0, 0.05) is 11.3 Å². The van der Waals surface area contributed by atoms with E-state index in [-0.39, 0.29) is 11.7 Å². The average Bonchev–Trinajstić information content (AvgIpc) is 2.60. The normalized spacial score (nSPS) is 24.8. The Morgan fingerprint density at radius 3 is 2.33 bits per heavy atom. The van der Waals surface area contributed by atoms with Gasteiger partial charge in [0.25, 0.3) is 0 Å². The van der Waals surface area contributed by atoms with Crippen molar-refractivity contribution in [2.24, 2.45) is 5.41 Å². The fourth-order valence-corrected chi connectivity index (χ4v) is 5.76. The summed E-state index contributed by atoms with van der Waals surface area (Å²) in [6, 6.07) is 15.2. The van der Waals surface area contributed by atoms with Gasteiger partial charge < -0.3 is 5.11 Å². The zero-order valence-electron chi connectivity index (χ0n) is 14.4. The Morgan fingerprint density at radius 2 is 1.71 bits per heavy atom. The number of rotatable bonds is 2. The van der Waals surface area contributed by atoms with Gasteiger partial charge in [0.05, 0.1) is 16.8 Å². The molecule has 0 bridgehead atoms. The number of fused-ring (bicyclic) bond motifs is 1. The van der Waals surface area contributed by atoms with Crippen molar-refractivity contribution < 1.29 is 13.5 Å². The smallest absolute Gasteiger partial charge is 0.179 e. The molecule has 0 amide bonds. The molecule has 0 aliphatic carbocycles. The molecule has 0 fully saturated rings. The lowest BCUT2D eigenvalue weighted by molar-refractivity contribution is 0.0521. The number of aryl methyl sites for hydroxylation is 1. The fraction of sp³-hybridized carbons (Fsp3) is 0.400. The van der Waals surface area contributed by atoms with Crippen molar-refractivity contribution in [3.8, 4) is 0 Å². The topological polar surface area (TPSA) is 54.4 Å². The van der Waals surface area contributed by atoms with Gasteiger partial charge in [0.2, 0.25) is 0 Å². The van der Waals surface area contributed by atoms with Crippen molar-refractivity contribution in [1.82, 2.24) is 0 Å². The molecule has 1 N–H and O–H groups in total. The summed E-state index contributed by atoms with van der Waals surface area (Å²) in [5.74, 6) is -0.402. The van der Waals surface area contributed by atoms with Crippen molar-refractivity contribution in [3.05, 3.63) is 65.2 Å². The van der Waals surface area contributed by atoms with Crippen LogP contribution in [0.25, 0.3) is 0 Å². The van der Waals surface area contributed by atoms with Crippen LogP contribution >= 0.6 is 0 Å². The average molecular weight is 344 g/mol. The van der Waals surface area contributed by atoms with Gasteiger partial charge in [-0.25, -0.2) is 8.42 Å². The van der Waals surface area contributed by atoms with Gasteiger partial charge in [-0.05, 0) is 29.2 Å². The lowest BCUT2D eigenvalue weighted by atomic mass is 9.75. The Balaban J connectivity index is 2.24. The third-order valence-corrected chi connectivity index (χ3v) is 7.18. The Labute approximate surface area is 144 Å². The Hall–Kier alpha value is -1.65. The van der Waals surface area contributed by atoms with Crippen LogP contribution in [0.2, 0.25) is 0 Å². The number of hydrogen-bond acceptors (Lipinski definition) is 3. The van der Waals surface area contributed by atoms with Crippen LogP contribution in [0.5, 0.6) is 0 Å². The van der Waals surface area contributed by atoms with Crippen LogP contribution in [-0.2, 0) is 16.3 Å². The van der Waals surface area contributed by atoms with E-state index in [0.29, 0.717) is 10.5 Å². The first-order chi connectivity index (χ1) is 11.3. The maximum Gasteiger partial charge on any atom is 0.179 e. The Bertz CT molecular complexity index is 835. The summed E-state index contributed by atoms with van der Waals surface area (Å²) in [6.07, 6.45) is 0.174. The summed E-state index contributed by atoms with van der Waals surface area (Å²) >= 11 is 0. The highest BCUT2D eigenvalue weighted by atomic mass is 32.2. The maximum absolute atomic E-state index is 12.8.